The summed E-state index contributed by atoms with van der Waals surface area (Å²) in [6, 6.07) is 5.52. The number of aromatic nitrogens is 2. The van der Waals surface area contributed by atoms with Gasteiger partial charge in [-0.15, -0.1) is 0 Å². The zero-order chi connectivity index (χ0) is 9.97. The summed E-state index contributed by atoms with van der Waals surface area (Å²) in [5.41, 5.74) is 2.38. The van der Waals surface area contributed by atoms with Crippen LogP contribution in [0.5, 0.6) is 0 Å². The van der Waals surface area contributed by atoms with E-state index in [4.69, 9.17) is 0 Å². The summed E-state index contributed by atoms with van der Waals surface area (Å²) in [5, 5.41) is 0. The van der Waals surface area contributed by atoms with Gasteiger partial charge in [0.2, 0.25) is 5.95 Å². The van der Waals surface area contributed by atoms with Gasteiger partial charge < -0.3 is 0 Å². The molecule has 0 unspecified atom stereocenters. The van der Waals surface area contributed by atoms with Gasteiger partial charge in [-0.25, -0.2) is 4.98 Å². The fourth-order valence-electron chi connectivity index (χ4n) is 1.25. The van der Waals surface area contributed by atoms with Crippen LogP contribution in [0.1, 0.15) is 5.56 Å². The molecule has 0 fully saturated rings. The monoisotopic (exact) mass is 188 g/mol. The maximum absolute atomic E-state index is 12.9. The number of hydrogen-bond donors (Lipinski definition) is 0. The van der Waals surface area contributed by atoms with Crippen LogP contribution in [0.25, 0.3) is 11.1 Å². The molecule has 2 nitrogen and oxygen atoms in total. The highest BCUT2D eigenvalue weighted by atomic mass is 19.1. The van der Waals surface area contributed by atoms with E-state index in [0.29, 0.717) is 5.56 Å². The number of nitrogens with zero attached hydrogens (tertiary/aromatic N) is 2. The highest BCUT2D eigenvalue weighted by Crippen LogP contribution is 2.18. The van der Waals surface area contributed by atoms with Crippen molar-refractivity contribution in [1.29, 1.82) is 0 Å². The Hall–Kier alpha value is -1.77. The third kappa shape index (κ3) is 1.62. The minimum absolute atomic E-state index is 0.419. The van der Waals surface area contributed by atoms with Crippen LogP contribution in [0.2, 0.25) is 0 Å². The number of hydrogen-bond acceptors (Lipinski definition) is 2. The van der Waals surface area contributed by atoms with Gasteiger partial charge in [0, 0.05) is 35.3 Å². The van der Waals surface area contributed by atoms with Crippen molar-refractivity contribution in [2.45, 2.75) is 6.92 Å². The first-order chi connectivity index (χ1) is 6.77. The molecule has 0 saturated carbocycles. The van der Waals surface area contributed by atoms with Crippen molar-refractivity contribution in [3.8, 4) is 11.1 Å². The molecule has 0 saturated heterocycles. The van der Waals surface area contributed by atoms with E-state index < -0.39 is 5.95 Å². The van der Waals surface area contributed by atoms with Crippen molar-refractivity contribution >= 4 is 0 Å². The summed E-state index contributed by atoms with van der Waals surface area (Å²) in [6.07, 6.45) is 4.95. The van der Waals surface area contributed by atoms with E-state index in [2.05, 4.69) is 9.97 Å². The van der Waals surface area contributed by atoms with Gasteiger partial charge in [-0.2, -0.15) is 4.39 Å². The maximum atomic E-state index is 12.9. The van der Waals surface area contributed by atoms with Crippen molar-refractivity contribution in [2.75, 3.05) is 0 Å². The second kappa shape index (κ2) is 3.54. The Morgan fingerprint density at radius 1 is 1.21 bits per heavy atom. The lowest BCUT2D eigenvalue weighted by atomic mass is 10.1. The van der Waals surface area contributed by atoms with Crippen molar-refractivity contribution in [2.24, 2.45) is 0 Å². The van der Waals surface area contributed by atoms with E-state index in [1.165, 1.54) is 6.20 Å². The molecule has 2 aromatic rings. The minimum Gasteiger partial charge on any atom is -0.264 e. The van der Waals surface area contributed by atoms with E-state index >= 15 is 0 Å². The van der Waals surface area contributed by atoms with Gasteiger partial charge in [0.1, 0.15) is 0 Å². The standard InChI is InChI=1S/C11H9FN2/c1-8-5-10(7-14-11(8)12)9-3-2-4-13-6-9/h2-7H,1H3. The van der Waals surface area contributed by atoms with Crippen LogP contribution in [0, 0.1) is 12.9 Å². The molecule has 0 aromatic carbocycles. The van der Waals surface area contributed by atoms with E-state index in [-0.39, 0.29) is 0 Å². The summed E-state index contributed by atoms with van der Waals surface area (Å²) in [7, 11) is 0. The molecule has 0 aliphatic carbocycles. The quantitative estimate of drug-likeness (QED) is 0.643. The molecule has 0 N–H and O–H groups in total. The van der Waals surface area contributed by atoms with E-state index in [0.717, 1.165) is 11.1 Å². The Morgan fingerprint density at radius 2 is 2.07 bits per heavy atom. The van der Waals surface area contributed by atoms with Gasteiger partial charge in [-0.05, 0) is 19.1 Å². The molecular weight excluding hydrogens is 179 g/mol. The Bertz CT molecular complexity index is 440. The second-order valence-electron chi connectivity index (χ2n) is 3.07. The average Bonchev–Trinajstić information content (AvgIpc) is 2.23. The minimum atomic E-state index is -0.419. The van der Waals surface area contributed by atoms with Crippen LogP contribution in [0.3, 0.4) is 0 Å². The highest BCUT2D eigenvalue weighted by Gasteiger charge is 2.01. The molecule has 14 heavy (non-hydrogen) atoms. The lowest BCUT2D eigenvalue weighted by molar-refractivity contribution is 0.575. The summed E-state index contributed by atoms with van der Waals surface area (Å²) in [6.45, 7) is 1.70. The van der Waals surface area contributed by atoms with E-state index in [9.17, 15) is 4.39 Å². The van der Waals surface area contributed by atoms with Crippen molar-refractivity contribution in [3.63, 3.8) is 0 Å². The highest BCUT2D eigenvalue weighted by molar-refractivity contribution is 5.61. The molecule has 2 heterocycles. The van der Waals surface area contributed by atoms with Crippen molar-refractivity contribution in [1.82, 2.24) is 9.97 Å². The summed E-state index contributed by atoms with van der Waals surface area (Å²) >= 11 is 0. The summed E-state index contributed by atoms with van der Waals surface area (Å²) in [5.74, 6) is -0.419. The van der Waals surface area contributed by atoms with Crippen LogP contribution in [-0.4, -0.2) is 9.97 Å². The van der Waals surface area contributed by atoms with Crippen LogP contribution in [0.4, 0.5) is 4.39 Å². The van der Waals surface area contributed by atoms with Crippen LogP contribution in [0.15, 0.2) is 36.8 Å². The topological polar surface area (TPSA) is 25.8 Å². The van der Waals surface area contributed by atoms with Gasteiger partial charge in [0.15, 0.2) is 0 Å². The number of rotatable bonds is 1. The molecule has 0 spiro atoms. The first-order valence-electron chi connectivity index (χ1n) is 4.30. The molecule has 3 heteroatoms. The largest absolute Gasteiger partial charge is 0.264 e. The second-order valence-corrected chi connectivity index (χ2v) is 3.07. The SMILES string of the molecule is Cc1cc(-c2cccnc2)cnc1F. The van der Waals surface area contributed by atoms with Crippen molar-refractivity contribution < 1.29 is 4.39 Å². The Balaban J connectivity index is 2.48. The predicted molar refractivity (Wildman–Crippen MR) is 52.2 cm³/mol. The zero-order valence-electron chi connectivity index (χ0n) is 7.74. The van der Waals surface area contributed by atoms with Crippen molar-refractivity contribution in [3.05, 3.63) is 48.3 Å². The third-order valence-corrected chi connectivity index (χ3v) is 2.01. The summed E-state index contributed by atoms with van der Waals surface area (Å²) < 4.78 is 12.9. The van der Waals surface area contributed by atoms with Gasteiger partial charge in [0.25, 0.3) is 0 Å². The summed E-state index contributed by atoms with van der Waals surface area (Å²) in [4.78, 5) is 7.65. The van der Waals surface area contributed by atoms with Gasteiger partial charge in [-0.1, -0.05) is 6.07 Å². The molecule has 0 bridgehead atoms. The number of aryl methyl sites for hydroxylation is 1. The molecule has 0 aliphatic heterocycles. The fraction of sp³-hybridized carbons (Fsp3) is 0.0909. The Morgan fingerprint density at radius 3 is 2.71 bits per heavy atom. The normalized spacial score (nSPS) is 10.1. The molecule has 0 atom stereocenters. The van der Waals surface area contributed by atoms with Gasteiger partial charge in [-0.3, -0.25) is 4.98 Å². The molecule has 0 radical (unpaired) electrons. The molecule has 70 valence electrons. The first kappa shape index (κ1) is 8.81. The van der Waals surface area contributed by atoms with Gasteiger partial charge >= 0.3 is 0 Å². The number of pyridine rings is 2. The average molecular weight is 188 g/mol. The maximum Gasteiger partial charge on any atom is 0.215 e. The molecular formula is C11H9FN2. The third-order valence-electron chi connectivity index (χ3n) is 2.01. The van der Waals surface area contributed by atoms with E-state index in [1.54, 1.807) is 25.4 Å². The Labute approximate surface area is 81.5 Å². The first-order valence-corrected chi connectivity index (χ1v) is 4.30. The zero-order valence-corrected chi connectivity index (χ0v) is 7.74. The molecule has 0 amide bonds. The predicted octanol–water partition coefficient (Wildman–Crippen LogP) is 2.59. The molecule has 0 aliphatic rings. The van der Waals surface area contributed by atoms with Crippen LogP contribution < -0.4 is 0 Å². The molecule has 2 aromatic heterocycles. The smallest absolute Gasteiger partial charge is 0.215 e. The van der Waals surface area contributed by atoms with Gasteiger partial charge in [0.05, 0.1) is 0 Å². The molecule has 2 rings (SSSR count). The van der Waals surface area contributed by atoms with Crippen LogP contribution in [-0.2, 0) is 0 Å². The Kier molecular flexibility index (Phi) is 2.23. The lowest BCUT2D eigenvalue weighted by Gasteiger charge is -2.01. The van der Waals surface area contributed by atoms with Crippen LogP contribution >= 0.6 is 0 Å². The van der Waals surface area contributed by atoms with E-state index in [1.807, 2.05) is 12.1 Å². The lowest BCUT2D eigenvalue weighted by Crippen LogP contribution is -1.89. The number of halogens is 1. The fourth-order valence-corrected chi connectivity index (χ4v) is 1.25.